The first-order valence-corrected chi connectivity index (χ1v) is 7.78. The molecule has 0 aliphatic carbocycles. The molecule has 3 nitrogen and oxygen atoms in total. The van der Waals surface area contributed by atoms with Crippen LogP contribution < -0.4 is 4.90 Å². The molecule has 1 saturated heterocycles. The van der Waals surface area contributed by atoms with Gasteiger partial charge in [-0.2, -0.15) is 0 Å². The van der Waals surface area contributed by atoms with Crippen LogP contribution in [0.1, 0.15) is 31.4 Å². The Morgan fingerprint density at radius 1 is 1.19 bits per heavy atom. The van der Waals surface area contributed by atoms with Crippen molar-refractivity contribution in [3.63, 3.8) is 0 Å². The zero-order valence-corrected chi connectivity index (χ0v) is 12.9. The minimum absolute atomic E-state index is 0.554. The van der Waals surface area contributed by atoms with Gasteiger partial charge in [0.2, 0.25) is 0 Å². The summed E-state index contributed by atoms with van der Waals surface area (Å²) in [5.74, 6) is 0.992. The van der Waals surface area contributed by atoms with Gasteiger partial charge in [-0.3, -0.25) is 4.90 Å². The van der Waals surface area contributed by atoms with Crippen molar-refractivity contribution in [2.75, 3.05) is 25.0 Å². The molecule has 0 amide bonds. The lowest BCUT2D eigenvalue weighted by atomic mass is 10.1. The summed E-state index contributed by atoms with van der Waals surface area (Å²) in [5.41, 5.74) is 2.51. The molecule has 0 N–H and O–H groups in total. The van der Waals surface area contributed by atoms with Gasteiger partial charge in [0.15, 0.2) is 0 Å². The van der Waals surface area contributed by atoms with Crippen molar-refractivity contribution >= 4 is 11.5 Å². The van der Waals surface area contributed by atoms with E-state index in [0.29, 0.717) is 6.04 Å². The first kappa shape index (κ1) is 14.1. The van der Waals surface area contributed by atoms with E-state index in [1.807, 2.05) is 12.3 Å². The molecular weight excluding hydrogens is 258 g/mol. The molecule has 1 aliphatic heterocycles. The Morgan fingerprint density at radius 3 is 2.67 bits per heavy atom. The van der Waals surface area contributed by atoms with Gasteiger partial charge in [0.1, 0.15) is 5.82 Å². The number of hydrogen-bond donors (Lipinski definition) is 0. The number of hydrogen-bond acceptors (Lipinski definition) is 3. The SMILES string of the molecule is CCN1CCCC1c1ccc(N(C)c2ccccc2)nc1. The Kier molecular flexibility index (Phi) is 4.20. The standard InChI is InChI=1S/C18H23N3/c1-3-21-13-7-10-17(21)15-11-12-18(19-14-15)20(2)16-8-5-4-6-9-16/h4-6,8-9,11-12,14,17H,3,7,10,13H2,1-2H3. The highest BCUT2D eigenvalue weighted by molar-refractivity contribution is 5.58. The van der Waals surface area contributed by atoms with Gasteiger partial charge in [0.25, 0.3) is 0 Å². The molecule has 0 saturated carbocycles. The second-order valence-corrected chi connectivity index (χ2v) is 5.63. The molecule has 0 spiro atoms. The fraction of sp³-hybridized carbons (Fsp3) is 0.389. The highest BCUT2D eigenvalue weighted by Crippen LogP contribution is 2.32. The van der Waals surface area contributed by atoms with E-state index in [0.717, 1.165) is 18.1 Å². The first-order valence-electron chi connectivity index (χ1n) is 7.78. The number of aromatic nitrogens is 1. The fourth-order valence-electron chi connectivity index (χ4n) is 3.16. The predicted octanol–water partition coefficient (Wildman–Crippen LogP) is 4.01. The molecule has 3 rings (SSSR count). The fourth-order valence-corrected chi connectivity index (χ4v) is 3.16. The van der Waals surface area contributed by atoms with E-state index >= 15 is 0 Å². The Hall–Kier alpha value is -1.87. The van der Waals surface area contributed by atoms with Crippen LogP contribution in [-0.4, -0.2) is 30.0 Å². The normalized spacial score (nSPS) is 18.9. The number of para-hydroxylation sites is 1. The lowest BCUT2D eigenvalue weighted by Gasteiger charge is -2.24. The second-order valence-electron chi connectivity index (χ2n) is 5.63. The van der Waals surface area contributed by atoms with Gasteiger partial charge in [-0.15, -0.1) is 0 Å². The van der Waals surface area contributed by atoms with Gasteiger partial charge in [-0.25, -0.2) is 4.98 Å². The Bertz CT molecular complexity index is 565. The van der Waals surface area contributed by atoms with Crippen molar-refractivity contribution in [1.29, 1.82) is 0 Å². The molecule has 1 aromatic carbocycles. The number of likely N-dealkylation sites (tertiary alicyclic amines) is 1. The average molecular weight is 281 g/mol. The number of rotatable bonds is 4. The molecule has 2 heterocycles. The van der Waals surface area contributed by atoms with Crippen LogP contribution in [0.15, 0.2) is 48.7 Å². The van der Waals surface area contributed by atoms with E-state index in [9.17, 15) is 0 Å². The molecule has 110 valence electrons. The van der Waals surface area contributed by atoms with Crippen LogP contribution in [0.3, 0.4) is 0 Å². The van der Waals surface area contributed by atoms with Crippen molar-refractivity contribution in [3.8, 4) is 0 Å². The van der Waals surface area contributed by atoms with Gasteiger partial charge in [0.05, 0.1) is 0 Å². The molecule has 1 aromatic heterocycles. The van der Waals surface area contributed by atoms with Crippen molar-refractivity contribution in [3.05, 3.63) is 54.2 Å². The van der Waals surface area contributed by atoms with E-state index in [1.165, 1.54) is 24.9 Å². The van der Waals surface area contributed by atoms with Gasteiger partial charge in [-0.05, 0) is 49.7 Å². The molecule has 1 fully saturated rings. The van der Waals surface area contributed by atoms with E-state index in [-0.39, 0.29) is 0 Å². The van der Waals surface area contributed by atoms with Crippen LogP contribution in [0, 0.1) is 0 Å². The van der Waals surface area contributed by atoms with Crippen LogP contribution in [0.2, 0.25) is 0 Å². The summed E-state index contributed by atoms with van der Waals surface area (Å²) in [5, 5.41) is 0. The Morgan fingerprint density at radius 2 is 2.00 bits per heavy atom. The molecule has 1 unspecified atom stereocenters. The molecule has 1 aliphatic rings. The summed E-state index contributed by atoms with van der Waals surface area (Å²) in [6, 6.07) is 15.3. The topological polar surface area (TPSA) is 19.4 Å². The zero-order valence-electron chi connectivity index (χ0n) is 12.9. The molecule has 21 heavy (non-hydrogen) atoms. The van der Waals surface area contributed by atoms with E-state index in [2.05, 4.69) is 65.2 Å². The quantitative estimate of drug-likeness (QED) is 0.844. The monoisotopic (exact) mass is 281 g/mol. The Labute approximate surface area is 127 Å². The van der Waals surface area contributed by atoms with Crippen LogP contribution in [-0.2, 0) is 0 Å². The highest BCUT2D eigenvalue weighted by atomic mass is 15.2. The maximum atomic E-state index is 4.67. The average Bonchev–Trinajstić information content (AvgIpc) is 3.04. The zero-order chi connectivity index (χ0) is 14.7. The number of pyridine rings is 1. The van der Waals surface area contributed by atoms with Crippen LogP contribution in [0.4, 0.5) is 11.5 Å². The number of benzene rings is 1. The van der Waals surface area contributed by atoms with Crippen molar-refractivity contribution in [1.82, 2.24) is 9.88 Å². The Balaban J connectivity index is 1.78. The maximum Gasteiger partial charge on any atom is 0.132 e. The summed E-state index contributed by atoms with van der Waals surface area (Å²) >= 11 is 0. The number of anilines is 2. The lowest BCUT2D eigenvalue weighted by Crippen LogP contribution is -2.22. The van der Waals surface area contributed by atoms with Gasteiger partial charge >= 0.3 is 0 Å². The highest BCUT2D eigenvalue weighted by Gasteiger charge is 2.24. The second kappa shape index (κ2) is 6.27. The molecule has 3 heteroatoms. The smallest absolute Gasteiger partial charge is 0.132 e. The van der Waals surface area contributed by atoms with Gasteiger partial charge in [-0.1, -0.05) is 31.2 Å². The summed E-state index contributed by atoms with van der Waals surface area (Å²) in [4.78, 5) is 9.33. The molecule has 0 bridgehead atoms. The first-order chi connectivity index (χ1) is 10.3. The van der Waals surface area contributed by atoms with E-state index in [4.69, 9.17) is 0 Å². The molecular formula is C18H23N3. The molecule has 2 aromatic rings. The molecule has 0 radical (unpaired) electrons. The third kappa shape index (κ3) is 2.93. The van der Waals surface area contributed by atoms with Gasteiger partial charge in [0, 0.05) is 25.0 Å². The third-order valence-electron chi connectivity index (χ3n) is 4.41. The van der Waals surface area contributed by atoms with E-state index in [1.54, 1.807) is 0 Å². The van der Waals surface area contributed by atoms with Crippen molar-refractivity contribution in [2.45, 2.75) is 25.8 Å². The largest absolute Gasteiger partial charge is 0.329 e. The lowest BCUT2D eigenvalue weighted by molar-refractivity contribution is 0.271. The number of nitrogens with zero attached hydrogens (tertiary/aromatic N) is 3. The van der Waals surface area contributed by atoms with Crippen LogP contribution in [0.25, 0.3) is 0 Å². The maximum absolute atomic E-state index is 4.67. The third-order valence-corrected chi connectivity index (χ3v) is 4.41. The van der Waals surface area contributed by atoms with Crippen LogP contribution >= 0.6 is 0 Å². The minimum Gasteiger partial charge on any atom is -0.329 e. The summed E-state index contributed by atoms with van der Waals surface area (Å²) < 4.78 is 0. The summed E-state index contributed by atoms with van der Waals surface area (Å²) in [7, 11) is 2.06. The minimum atomic E-state index is 0.554. The van der Waals surface area contributed by atoms with Gasteiger partial charge < -0.3 is 4.90 Å². The predicted molar refractivity (Wildman–Crippen MR) is 88.0 cm³/mol. The summed E-state index contributed by atoms with van der Waals surface area (Å²) in [6.45, 7) is 4.58. The van der Waals surface area contributed by atoms with Crippen molar-refractivity contribution < 1.29 is 0 Å². The van der Waals surface area contributed by atoms with E-state index < -0.39 is 0 Å². The van der Waals surface area contributed by atoms with Crippen LogP contribution in [0.5, 0.6) is 0 Å². The summed E-state index contributed by atoms with van der Waals surface area (Å²) in [6.07, 6.45) is 4.60. The van der Waals surface area contributed by atoms with Crippen molar-refractivity contribution in [2.24, 2.45) is 0 Å². The molecule has 1 atom stereocenters.